The van der Waals surface area contributed by atoms with E-state index in [9.17, 15) is 4.79 Å². The molecule has 2 aliphatic rings. The van der Waals surface area contributed by atoms with Gasteiger partial charge in [-0.3, -0.25) is 0 Å². The zero-order valence-electron chi connectivity index (χ0n) is 15.0. The molecule has 1 aromatic heterocycles. The number of amides is 1. The van der Waals surface area contributed by atoms with Crippen molar-refractivity contribution < 1.29 is 9.53 Å². The van der Waals surface area contributed by atoms with Gasteiger partial charge in [-0.05, 0) is 44.9 Å². The summed E-state index contributed by atoms with van der Waals surface area (Å²) in [7, 11) is 0. The van der Waals surface area contributed by atoms with E-state index >= 15 is 0 Å². The van der Waals surface area contributed by atoms with Gasteiger partial charge in [0.15, 0.2) is 5.82 Å². The summed E-state index contributed by atoms with van der Waals surface area (Å²) in [5, 5.41) is 3.43. The third-order valence-corrected chi connectivity index (χ3v) is 3.98. The number of hydrogen-bond donors (Lipinski definition) is 1. The molecule has 0 spiro atoms. The largest absolute Gasteiger partial charge is 0.444 e. The molecule has 0 atom stereocenters. The predicted molar refractivity (Wildman–Crippen MR) is 96.6 cm³/mol. The molecule has 6 nitrogen and oxygen atoms in total. The number of allylic oxidation sites excluding steroid dienone is 3. The van der Waals surface area contributed by atoms with Crippen molar-refractivity contribution >= 4 is 11.7 Å². The van der Waals surface area contributed by atoms with Gasteiger partial charge in [0, 0.05) is 43.3 Å². The number of nitrogens with one attached hydrogen (secondary N) is 1. The van der Waals surface area contributed by atoms with Crippen molar-refractivity contribution in [1.29, 1.82) is 0 Å². The van der Waals surface area contributed by atoms with Crippen LogP contribution in [0.3, 0.4) is 0 Å². The molecule has 0 bridgehead atoms. The average molecular weight is 340 g/mol. The third kappa shape index (κ3) is 4.47. The lowest BCUT2D eigenvalue weighted by molar-refractivity contribution is 0.0266. The number of rotatable bonds is 2. The first-order valence-corrected chi connectivity index (χ1v) is 8.52. The van der Waals surface area contributed by atoms with Crippen LogP contribution in [0.5, 0.6) is 0 Å². The molecule has 0 saturated heterocycles. The van der Waals surface area contributed by atoms with E-state index in [2.05, 4.69) is 33.5 Å². The molecule has 25 heavy (non-hydrogen) atoms. The summed E-state index contributed by atoms with van der Waals surface area (Å²) < 4.78 is 5.43. The van der Waals surface area contributed by atoms with Gasteiger partial charge in [-0.2, -0.15) is 0 Å². The lowest BCUT2D eigenvalue weighted by Crippen LogP contribution is -2.39. The molecule has 6 heteroatoms. The van der Waals surface area contributed by atoms with Crippen LogP contribution < -0.4 is 5.32 Å². The van der Waals surface area contributed by atoms with Crippen LogP contribution in [-0.4, -0.2) is 46.2 Å². The molecule has 3 heterocycles. The summed E-state index contributed by atoms with van der Waals surface area (Å²) in [5.74, 6) is 0.749. The normalized spacial score (nSPS) is 17.9. The van der Waals surface area contributed by atoms with Gasteiger partial charge in [0.05, 0.1) is 0 Å². The number of dihydropyridines is 1. The van der Waals surface area contributed by atoms with Crippen molar-refractivity contribution in [2.45, 2.75) is 32.8 Å². The van der Waals surface area contributed by atoms with E-state index in [0.717, 1.165) is 23.5 Å². The van der Waals surface area contributed by atoms with Crippen molar-refractivity contribution in [3.05, 3.63) is 53.8 Å². The Labute approximate surface area is 148 Å². The summed E-state index contributed by atoms with van der Waals surface area (Å²) in [5.41, 5.74) is 2.93. The Morgan fingerprint density at radius 3 is 2.52 bits per heavy atom. The Morgan fingerprint density at radius 2 is 1.96 bits per heavy atom. The maximum absolute atomic E-state index is 12.1. The summed E-state index contributed by atoms with van der Waals surface area (Å²) in [4.78, 5) is 22.4. The van der Waals surface area contributed by atoms with Crippen molar-refractivity contribution in [3.8, 4) is 0 Å². The summed E-state index contributed by atoms with van der Waals surface area (Å²) in [6.45, 7) is 7.58. The van der Waals surface area contributed by atoms with Gasteiger partial charge in [-0.1, -0.05) is 12.2 Å². The molecule has 1 aromatic rings. The minimum absolute atomic E-state index is 0.253. The zero-order chi connectivity index (χ0) is 17.9. The monoisotopic (exact) mass is 340 g/mol. The van der Waals surface area contributed by atoms with Gasteiger partial charge in [0.25, 0.3) is 0 Å². The van der Waals surface area contributed by atoms with Crippen molar-refractivity contribution in [2.24, 2.45) is 0 Å². The highest BCUT2D eigenvalue weighted by molar-refractivity contribution is 5.69. The standard InChI is InChI=1S/C19H24N4O2/c1-19(2,3)25-18(24)23-11-7-14(8-12-23)16-6-5-15(13-22-16)17-20-9-4-10-21-17/h4-7,9-10,22H,8,11-13H2,1-3H3. The lowest BCUT2D eigenvalue weighted by Gasteiger charge is -2.30. The first-order valence-electron chi connectivity index (χ1n) is 8.52. The predicted octanol–water partition coefficient (Wildman–Crippen LogP) is 2.91. The molecule has 1 N–H and O–H groups in total. The van der Waals surface area contributed by atoms with Crippen LogP contribution in [-0.2, 0) is 4.74 Å². The van der Waals surface area contributed by atoms with Gasteiger partial charge < -0.3 is 15.0 Å². The van der Waals surface area contributed by atoms with Gasteiger partial charge in [-0.15, -0.1) is 0 Å². The first-order chi connectivity index (χ1) is 11.9. The van der Waals surface area contributed by atoms with Gasteiger partial charge in [0.1, 0.15) is 5.60 Å². The van der Waals surface area contributed by atoms with Crippen molar-refractivity contribution in [2.75, 3.05) is 19.6 Å². The molecule has 0 aliphatic carbocycles. The maximum atomic E-state index is 12.1. The Morgan fingerprint density at radius 1 is 1.20 bits per heavy atom. The van der Waals surface area contributed by atoms with Crippen LogP contribution in [0.15, 0.2) is 48.0 Å². The van der Waals surface area contributed by atoms with E-state index in [1.54, 1.807) is 17.3 Å². The quantitative estimate of drug-likeness (QED) is 0.896. The molecular weight excluding hydrogens is 316 g/mol. The number of hydrogen-bond acceptors (Lipinski definition) is 5. The highest BCUT2D eigenvalue weighted by atomic mass is 16.6. The van der Waals surface area contributed by atoms with Crippen LogP contribution >= 0.6 is 0 Å². The fourth-order valence-corrected chi connectivity index (χ4v) is 2.74. The highest BCUT2D eigenvalue weighted by Crippen LogP contribution is 2.23. The van der Waals surface area contributed by atoms with Gasteiger partial charge >= 0.3 is 6.09 Å². The molecule has 3 rings (SSSR count). The van der Waals surface area contributed by atoms with E-state index in [1.165, 1.54) is 5.57 Å². The van der Waals surface area contributed by atoms with Gasteiger partial charge in [-0.25, -0.2) is 14.8 Å². The summed E-state index contributed by atoms with van der Waals surface area (Å²) >= 11 is 0. The Kier molecular flexibility index (Phi) is 4.88. The maximum Gasteiger partial charge on any atom is 0.410 e. The smallest absolute Gasteiger partial charge is 0.410 e. The van der Waals surface area contributed by atoms with Crippen molar-refractivity contribution in [3.63, 3.8) is 0 Å². The van der Waals surface area contributed by atoms with E-state index in [4.69, 9.17) is 4.74 Å². The topological polar surface area (TPSA) is 67.3 Å². The highest BCUT2D eigenvalue weighted by Gasteiger charge is 2.24. The fraction of sp³-hybridized carbons (Fsp3) is 0.421. The number of nitrogens with zero attached hydrogens (tertiary/aromatic N) is 3. The second kappa shape index (κ2) is 7.09. The zero-order valence-corrected chi connectivity index (χ0v) is 15.0. The second-order valence-corrected chi connectivity index (χ2v) is 7.10. The molecule has 0 radical (unpaired) electrons. The number of carbonyl (C=O) groups excluding carboxylic acids is 1. The van der Waals surface area contributed by atoms with Crippen LogP contribution in [0.2, 0.25) is 0 Å². The molecular formula is C19H24N4O2. The van der Waals surface area contributed by atoms with Crippen molar-refractivity contribution in [1.82, 2.24) is 20.2 Å². The minimum atomic E-state index is -0.463. The SMILES string of the molecule is CC(C)(C)OC(=O)N1CC=C(C2=CC=C(c3ncccn3)CN2)CC1. The summed E-state index contributed by atoms with van der Waals surface area (Å²) in [6, 6.07) is 1.81. The average Bonchev–Trinajstić information content (AvgIpc) is 2.61. The second-order valence-electron chi connectivity index (χ2n) is 7.10. The van der Waals surface area contributed by atoms with Crippen LogP contribution in [0.25, 0.3) is 5.57 Å². The van der Waals surface area contributed by atoms with E-state index in [0.29, 0.717) is 19.6 Å². The minimum Gasteiger partial charge on any atom is -0.444 e. The summed E-state index contributed by atoms with van der Waals surface area (Å²) in [6.07, 6.45) is 10.3. The molecule has 0 saturated carbocycles. The number of ether oxygens (including phenoxy) is 1. The first kappa shape index (κ1) is 17.2. The molecule has 1 amide bonds. The fourth-order valence-electron chi connectivity index (χ4n) is 2.74. The van der Waals surface area contributed by atoms with Crippen LogP contribution in [0, 0.1) is 0 Å². The molecule has 0 fully saturated rings. The van der Waals surface area contributed by atoms with Crippen LogP contribution in [0.1, 0.15) is 33.0 Å². The lowest BCUT2D eigenvalue weighted by atomic mass is 10.0. The Balaban J connectivity index is 1.64. The number of carbonyl (C=O) groups is 1. The molecule has 0 unspecified atom stereocenters. The number of aromatic nitrogens is 2. The van der Waals surface area contributed by atoms with Gasteiger partial charge in [0.2, 0.25) is 0 Å². The van der Waals surface area contributed by atoms with Crippen LogP contribution in [0.4, 0.5) is 4.79 Å². The molecule has 0 aromatic carbocycles. The molecule has 2 aliphatic heterocycles. The molecule has 132 valence electrons. The third-order valence-electron chi connectivity index (χ3n) is 3.98. The Hall–Kier alpha value is -2.63. The Bertz CT molecular complexity index is 730. The van der Waals surface area contributed by atoms with E-state index in [1.807, 2.05) is 26.8 Å². The van der Waals surface area contributed by atoms with E-state index in [-0.39, 0.29) is 6.09 Å². The van der Waals surface area contributed by atoms with E-state index < -0.39 is 5.60 Å².